The quantitative estimate of drug-likeness (QED) is 0.792. The molecule has 0 spiro atoms. The minimum absolute atomic E-state index is 0.0157. The molecule has 96 valence electrons. The average Bonchev–Trinajstić information content (AvgIpc) is 2.35. The van der Waals surface area contributed by atoms with Crippen LogP contribution in [0.3, 0.4) is 0 Å². The zero-order valence-electron chi connectivity index (χ0n) is 11.1. The molecule has 0 atom stereocenters. The molecule has 4 nitrogen and oxygen atoms in total. The van der Waals surface area contributed by atoms with Crippen molar-refractivity contribution in [1.82, 2.24) is 9.78 Å². The first-order valence-corrected chi connectivity index (χ1v) is 6.52. The van der Waals surface area contributed by atoms with Crippen molar-refractivity contribution in [2.24, 2.45) is 5.92 Å². The van der Waals surface area contributed by atoms with Crippen LogP contribution in [0.4, 0.5) is 5.69 Å². The Bertz CT molecular complexity index is 382. The van der Waals surface area contributed by atoms with E-state index in [0.29, 0.717) is 5.92 Å². The predicted octanol–water partition coefficient (Wildman–Crippen LogP) is 2.50. The van der Waals surface area contributed by atoms with Crippen LogP contribution in [-0.2, 0) is 6.54 Å². The van der Waals surface area contributed by atoms with Gasteiger partial charge in [-0.3, -0.25) is 4.79 Å². The lowest BCUT2D eigenvalue weighted by Gasteiger charge is -2.13. The molecule has 0 aromatic carbocycles. The van der Waals surface area contributed by atoms with Crippen LogP contribution in [0, 0.1) is 5.92 Å². The molecule has 1 N–H and O–H groups in total. The van der Waals surface area contributed by atoms with E-state index < -0.39 is 0 Å². The van der Waals surface area contributed by atoms with Gasteiger partial charge >= 0.3 is 0 Å². The summed E-state index contributed by atoms with van der Waals surface area (Å²) in [5.41, 5.74) is 0.802. The summed E-state index contributed by atoms with van der Waals surface area (Å²) < 4.78 is 1.56. The molecule has 0 saturated heterocycles. The molecule has 0 bridgehead atoms. The molecule has 17 heavy (non-hydrogen) atoms. The molecule has 0 aliphatic heterocycles. The first-order chi connectivity index (χ1) is 8.21. The molecule has 0 radical (unpaired) electrons. The topological polar surface area (TPSA) is 46.9 Å². The van der Waals surface area contributed by atoms with E-state index in [1.165, 1.54) is 0 Å². The molecule has 0 fully saturated rings. The summed E-state index contributed by atoms with van der Waals surface area (Å²) >= 11 is 0. The molecule has 1 aromatic rings. The maximum atomic E-state index is 11.8. The minimum Gasteiger partial charge on any atom is -0.384 e. The van der Waals surface area contributed by atoms with E-state index in [1.807, 2.05) is 0 Å². The summed E-state index contributed by atoms with van der Waals surface area (Å²) in [6, 6.07) is 1.63. The highest BCUT2D eigenvalue weighted by Crippen LogP contribution is 2.09. The number of rotatable bonds is 7. The van der Waals surface area contributed by atoms with E-state index in [2.05, 4.69) is 31.2 Å². The van der Waals surface area contributed by atoms with Crippen molar-refractivity contribution in [2.75, 3.05) is 11.9 Å². The highest BCUT2D eigenvalue weighted by Gasteiger charge is 2.07. The van der Waals surface area contributed by atoms with Crippen LogP contribution in [0.2, 0.25) is 0 Å². The number of nitrogens with one attached hydrogen (secondary N) is 1. The van der Waals surface area contributed by atoms with Crippen LogP contribution in [0.5, 0.6) is 0 Å². The van der Waals surface area contributed by atoms with Crippen LogP contribution >= 0.6 is 0 Å². The summed E-state index contributed by atoms with van der Waals surface area (Å²) in [6.07, 6.45) is 4.94. The highest BCUT2D eigenvalue weighted by molar-refractivity contribution is 5.38. The summed E-state index contributed by atoms with van der Waals surface area (Å²) in [4.78, 5) is 11.8. The van der Waals surface area contributed by atoms with Gasteiger partial charge in [-0.05, 0) is 12.3 Å². The van der Waals surface area contributed by atoms with Gasteiger partial charge in [0.05, 0.1) is 11.9 Å². The Morgan fingerprint density at radius 2 is 2.06 bits per heavy atom. The van der Waals surface area contributed by atoms with Gasteiger partial charge in [0.15, 0.2) is 0 Å². The lowest BCUT2D eigenvalue weighted by molar-refractivity contribution is 0.385. The smallest absolute Gasteiger partial charge is 0.268 e. The predicted molar refractivity (Wildman–Crippen MR) is 71.3 cm³/mol. The third-order valence-electron chi connectivity index (χ3n) is 3.03. The number of hydrogen-bond donors (Lipinski definition) is 1. The fourth-order valence-electron chi connectivity index (χ4n) is 1.73. The van der Waals surface area contributed by atoms with E-state index in [9.17, 15) is 4.79 Å². The van der Waals surface area contributed by atoms with E-state index in [1.54, 1.807) is 16.9 Å². The van der Waals surface area contributed by atoms with Crippen LogP contribution in [0.15, 0.2) is 17.1 Å². The maximum Gasteiger partial charge on any atom is 0.268 e. The Balaban J connectivity index is 2.72. The van der Waals surface area contributed by atoms with E-state index in [0.717, 1.165) is 38.0 Å². The average molecular weight is 237 g/mol. The summed E-state index contributed by atoms with van der Waals surface area (Å²) in [5.74, 6) is 0.537. The molecule has 0 saturated carbocycles. The van der Waals surface area contributed by atoms with Gasteiger partial charge in [-0.15, -0.1) is 0 Å². The fraction of sp³-hybridized carbons (Fsp3) is 0.692. The van der Waals surface area contributed by atoms with Gasteiger partial charge in [-0.1, -0.05) is 33.6 Å². The minimum atomic E-state index is -0.0157. The molecule has 4 heteroatoms. The molecule has 1 heterocycles. The SMILES string of the molecule is CCCNc1cnn(CC(CC)CC)c(=O)c1. The molecule has 1 aromatic heterocycles. The molecule has 0 aliphatic carbocycles. The van der Waals surface area contributed by atoms with E-state index in [4.69, 9.17) is 0 Å². The molecule has 0 unspecified atom stereocenters. The Labute approximate surface area is 103 Å². The van der Waals surface area contributed by atoms with Crippen molar-refractivity contribution >= 4 is 5.69 Å². The first-order valence-electron chi connectivity index (χ1n) is 6.52. The normalized spacial score (nSPS) is 10.8. The molecular formula is C13H23N3O. The van der Waals surface area contributed by atoms with Crippen molar-refractivity contribution in [1.29, 1.82) is 0 Å². The standard InChI is InChI=1S/C13H23N3O/c1-4-7-14-12-8-13(17)16(15-9-12)10-11(5-2)6-3/h8-9,11,14H,4-7,10H2,1-3H3. The zero-order valence-corrected chi connectivity index (χ0v) is 11.1. The van der Waals surface area contributed by atoms with Gasteiger partial charge in [0, 0.05) is 19.2 Å². The highest BCUT2D eigenvalue weighted by atomic mass is 16.1. The van der Waals surface area contributed by atoms with Crippen molar-refractivity contribution in [3.05, 3.63) is 22.6 Å². The number of anilines is 1. The zero-order chi connectivity index (χ0) is 12.7. The largest absolute Gasteiger partial charge is 0.384 e. The maximum absolute atomic E-state index is 11.8. The third kappa shape index (κ3) is 4.21. The van der Waals surface area contributed by atoms with Gasteiger partial charge in [0.1, 0.15) is 0 Å². The summed E-state index contributed by atoms with van der Waals surface area (Å²) in [7, 11) is 0. The molecule has 0 amide bonds. The molecule has 0 aliphatic rings. The third-order valence-corrected chi connectivity index (χ3v) is 3.03. The van der Waals surface area contributed by atoms with E-state index in [-0.39, 0.29) is 5.56 Å². The number of aromatic nitrogens is 2. The van der Waals surface area contributed by atoms with Crippen molar-refractivity contribution in [2.45, 2.75) is 46.6 Å². The van der Waals surface area contributed by atoms with Crippen molar-refractivity contribution < 1.29 is 0 Å². The number of hydrogen-bond acceptors (Lipinski definition) is 3. The number of nitrogens with zero attached hydrogens (tertiary/aromatic N) is 2. The van der Waals surface area contributed by atoms with Gasteiger partial charge in [0.2, 0.25) is 0 Å². The van der Waals surface area contributed by atoms with Crippen LogP contribution < -0.4 is 10.9 Å². The molecular weight excluding hydrogens is 214 g/mol. The van der Waals surface area contributed by atoms with Crippen LogP contribution in [0.1, 0.15) is 40.0 Å². The first kappa shape index (κ1) is 13.7. The van der Waals surface area contributed by atoms with Crippen molar-refractivity contribution in [3.8, 4) is 0 Å². The lowest BCUT2D eigenvalue weighted by atomic mass is 10.0. The van der Waals surface area contributed by atoms with Gasteiger partial charge in [-0.25, -0.2) is 4.68 Å². The Morgan fingerprint density at radius 3 is 2.59 bits per heavy atom. The van der Waals surface area contributed by atoms with Gasteiger partial charge in [0.25, 0.3) is 5.56 Å². The monoisotopic (exact) mass is 237 g/mol. The van der Waals surface area contributed by atoms with Crippen molar-refractivity contribution in [3.63, 3.8) is 0 Å². The fourth-order valence-corrected chi connectivity index (χ4v) is 1.73. The lowest BCUT2D eigenvalue weighted by Crippen LogP contribution is -2.26. The summed E-state index contributed by atoms with van der Waals surface area (Å²) in [5, 5.41) is 7.38. The Hall–Kier alpha value is -1.32. The Morgan fingerprint density at radius 1 is 1.35 bits per heavy atom. The Kier molecular flexibility index (Phi) is 5.73. The summed E-state index contributed by atoms with van der Waals surface area (Å²) in [6.45, 7) is 7.99. The molecule has 1 rings (SSSR count). The second kappa shape index (κ2) is 7.09. The van der Waals surface area contributed by atoms with Crippen LogP contribution in [0.25, 0.3) is 0 Å². The second-order valence-electron chi connectivity index (χ2n) is 4.37. The van der Waals surface area contributed by atoms with Gasteiger partial charge in [-0.2, -0.15) is 5.10 Å². The van der Waals surface area contributed by atoms with Gasteiger partial charge < -0.3 is 5.32 Å². The van der Waals surface area contributed by atoms with Crippen LogP contribution in [-0.4, -0.2) is 16.3 Å². The van der Waals surface area contributed by atoms with E-state index >= 15 is 0 Å². The second-order valence-corrected chi connectivity index (χ2v) is 4.37.